The van der Waals surface area contributed by atoms with E-state index in [2.05, 4.69) is 9.71 Å². The van der Waals surface area contributed by atoms with Gasteiger partial charge in [-0.3, -0.25) is 4.72 Å². The van der Waals surface area contributed by atoms with Crippen molar-refractivity contribution in [1.82, 2.24) is 4.98 Å². The van der Waals surface area contributed by atoms with E-state index in [0.29, 0.717) is 16.8 Å². The highest BCUT2D eigenvalue weighted by Gasteiger charge is 2.14. The number of sulfonamides is 1. The molecule has 0 saturated carbocycles. The summed E-state index contributed by atoms with van der Waals surface area (Å²) in [5, 5.41) is 9.13. The van der Waals surface area contributed by atoms with Crippen LogP contribution < -0.4 is 4.72 Å². The van der Waals surface area contributed by atoms with Gasteiger partial charge in [0.2, 0.25) is 10.0 Å². The summed E-state index contributed by atoms with van der Waals surface area (Å²) in [6.07, 6.45) is 0. The quantitative estimate of drug-likeness (QED) is 0.750. The largest absolute Gasteiger partial charge is 0.478 e. The molecule has 7 nitrogen and oxygen atoms in total. The molecule has 1 heterocycles. The molecule has 2 rings (SSSR count). The van der Waals surface area contributed by atoms with Gasteiger partial charge < -0.3 is 9.84 Å². The Morgan fingerprint density at radius 2 is 2.24 bits per heavy atom. The van der Waals surface area contributed by atoms with Crippen LogP contribution in [0, 0.1) is 0 Å². The Labute approximate surface area is 125 Å². The molecule has 0 atom stereocenters. The van der Waals surface area contributed by atoms with E-state index in [9.17, 15) is 13.2 Å². The standard InChI is InChI=1S/C12H14N2O5S2/c1-2-19-5-6-21(17,18)14-12-13-9-4-3-8(11(15)16)7-10(9)20-12/h3-4,7H,2,5-6H2,1H3,(H,13,14)(H,15,16). The van der Waals surface area contributed by atoms with Crippen molar-refractivity contribution in [2.75, 3.05) is 23.7 Å². The third-order valence-corrected chi connectivity index (χ3v) is 4.85. The number of rotatable bonds is 7. The average Bonchev–Trinajstić information content (AvgIpc) is 2.78. The van der Waals surface area contributed by atoms with Crippen LogP contribution in [0.2, 0.25) is 0 Å². The molecule has 0 aliphatic carbocycles. The smallest absolute Gasteiger partial charge is 0.335 e. The van der Waals surface area contributed by atoms with Crippen molar-refractivity contribution < 1.29 is 23.1 Å². The number of nitrogens with one attached hydrogen (secondary N) is 1. The van der Waals surface area contributed by atoms with Gasteiger partial charge in [0.15, 0.2) is 5.13 Å². The number of carboxylic acids is 1. The number of hydrogen-bond donors (Lipinski definition) is 2. The molecular formula is C12H14N2O5S2. The van der Waals surface area contributed by atoms with Gasteiger partial charge in [-0.15, -0.1) is 0 Å². The number of nitrogens with zero attached hydrogens (tertiary/aromatic N) is 1. The molecule has 1 aromatic carbocycles. The molecule has 2 aromatic rings. The van der Waals surface area contributed by atoms with Crippen LogP contribution in [0.3, 0.4) is 0 Å². The van der Waals surface area contributed by atoms with Crippen molar-refractivity contribution in [3.05, 3.63) is 23.8 Å². The third kappa shape index (κ3) is 4.13. The van der Waals surface area contributed by atoms with Crippen LogP contribution in [-0.2, 0) is 14.8 Å². The molecule has 0 amide bonds. The molecule has 114 valence electrons. The van der Waals surface area contributed by atoms with E-state index in [1.165, 1.54) is 12.1 Å². The van der Waals surface area contributed by atoms with Gasteiger partial charge in [0.1, 0.15) is 0 Å². The van der Waals surface area contributed by atoms with E-state index in [1.54, 1.807) is 13.0 Å². The fourth-order valence-corrected chi connectivity index (χ4v) is 3.65. The number of fused-ring (bicyclic) bond motifs is 1. The normalized spacial score (nSPS) is 11.7. The topological polar surface area (TPSA) is 106 Å². The zero-order valence-electron chi connectivity index (χ0n) is 11.2. The number of benzene rings is 1. The highest BCUT2D eigenvalue weighted by Crippen LogP contribution is 2.27. The number of thiazole rings is 1. The summed E-state index contributed by atoms with van der Waals surface area (Å²) in [6.45, 7) is 2.35. The average molecular weight is 330 g/mol. The highest BCUT2D eigenvalue weighted by atomic mass is 32.2. The van der Waals surface area contributed by atoms with Crippen molar-refractivity contribution in [1.29, 1.82) is 0 Å². The number of aromatic carboxylic acids is 1. The monoisotopic (exact) mass is 330 g/mol. The van der Waals surface area contributed by atoms with Crippen LogP contribution in [0.4, 0.5) is 5.13 Å². The Bertz CT molecular complexity index is 754. The molecule has 0 radical (unpaired) electrons. The third-order valence-electron chi connectivity index (χ3n) is 2.58. The van der Waals surface area contributed by atoms with Crippen LogP contribution >= 0.6 is 11.3 Å². The first kappa shape index (κ1) is 15.7. The zero-order valence-corrected chi connectivity index (χ0v) is 12.8. The second-order valence-corrected chi connectivity index (χ2v) is 7.00. The lowest BCUT2D eigenvalue weighted by Gasteiger charge is -2.04. The minimum absolute atomic E-state index is 0.111. The van der Waals surface area contributed by atoms with Crippen LogP contribution in [0.1, 0.15) is 17.3 Å². The maximum absolute atomic E-state index is 11.8. The van der Waals surface area contributed by atoms with Gasteiger partial charge in [-0.25, -0.2) is 18.2 Å². The number of hydrogen-bond acceptors (Lipinski definition) is 6. The summed E-state index contributed by atoms with van der Waals surface area (Å²) >= 11 is 1.09. The zero-order chi connectivity index (χ0) is 15.5. The Morgan fingerprint density at radius 3 is 2.90 bits per heavy atom. The Morgan fingerprint density at radius 1 is 1.48 bits per heavy atom. The van der Waals surface area contributed by atoms with E-state index >= 15 is 0 Å². The molecule has 0 unspecified atom stereocenters. The second kappa shape index (κ2) is 6.37. The summed E-state index contributed by atoms with van der Waals surface area (Å²) in [5.41, 5.74) is 0.685. The summed E-state index contributed by atoms with van der Waals surface area (Å²) < 4.78 is 31.6. The number of carboxylic acid groups (broad SMARTS) is 1. The van der Waals surface area contributed by atoms with Crippen molar-refractivity contribution in [3.63, 3.8) is 0 Å². The lowest BCUT2D eigenvalue weighted by atomic mass is 10.2. The molecule has 0 aliphatic rings. The summed E-state index contributed by atoms with van der Waals surface area (Å²) in [6, 6.07) is 4.44. The molecule has 0 aliphatic heterocycles. The molecule has 0 fully saturated rings. The van der Waals surface area contributed by atoms with E-state index in [4.69, 9.17) is 9.84 Å². The number of aromatic nitrogens is 1. The fraction of sp³-hybridized carbons (Fsp3) is 0.333. The number of ether oxygens (including phenoxy) is 1. The van der Waals surface area contributed by atoms with E-state index < -0.39 is 16.0 Å². The first-order valence-corrected chi connectivity index (χ1v) is 8.60. The molecular weight excluding hydrogens is 316 g/mol. The van der Waals surface area contributed by atoms with Gasteiger partial charge in [0.25, 0.3) is 0 Å². The molecule has 1 aromatic heterocycles. The SMILES string of the molecule is CCOCCS(=O)(=O)Nc1nc2ccc(C(=O)O)cc2s1. The van der Waals surface area contributed by atoms with Crippen molar-refractivity contribution in [2.45, 2.75) is 6.92 Å². The summed E-state index contributed by atoms with van der Waals surface area (Å²) in [7, 11) is -3.52. The van der Waals surface area contributed by atoms with Gasteiger partial charge in [0.05, 0.1) is 28.1 Å². The number of anilines is 1. The van der Waals surface area contributed by atoms with Gasteiger partial charge >= 0.3 is 5.97 Å². The van der Waals surface area contributed by atoms with Crippen LogP contribution in [0.15, 0.2) is 18.2 Å². The van der Waals surface area contributed by atoms with E-state index in [0.717, 1.165) is 11.3 Å². The lowest BCUT2D eigenvalue weighted by molar-refractivity contribution is 0.0697. The first-order chi connectivity index (χ1) is 9.91. The maximum atomic E-state index is 11.8. The highest BCUT2D eigenvalue weighted by molar-refractivity contribution is 7.92. The molecule has 2 N–H and O–H groups in total. The van der Waals surface area contributed by atoms with Gasteiger partial charge in [-0.2, -0.15) is 0 Å². The summed E-state index contributed by atoms with van der Waals surface area (Å²) in [5.74, 6) is -1.19. The van der Waals surface area contributed by atoms with Crippen molar-refractivity contribution >= 4 is 42.7 Å². The van der Waals surface area contributed by atoms with Crippen LogP contribution in [0.5, 0.6) is 0 Å². The predicted octanol–water partition coefficient (Wildman–Crippen LogP) is 1.77. The van der Waals surface area contributed by atoms with Gasteiger partial charge in [-0.1, -0.05) is 11.3 Å². The lowest BCUT2D eigenvalue weighted by Crippen LogP contribution is -2.20. The summed E-state index contributed by atoms with van der Waals surface area (Å²) in [4.78, 5) is 15.0. The Balaban J connectivity index is 2.17. The second-order valence-electron chi connectivity index (χ2n) is 4.12. The van der Waals surface area contributed by atoms with Crippen LogP contribution in [-0.4, -0.2) is 43.4 Å². The minimum atomic E-state index is -3.52. The van der Waals surface area contributed by atoms with Crippen molar-refractivity contribution in [3.8, 4) is 0 Å². The van der Waals surface area contributed by atoms with Gasteiger partial charge in [0, 0.05) is 6.61 Å². The van der Waals surface area contributed by atoms with Gasteiger partial charge in [-0.05, 0) is 25.1 Å². The molecule has 21 heavy (non-hydrogen) atoms. The minimum Gasteiger partial charge on any atom is -0.478 e. The number of carbonyl (C=O) groups is 1. The molecule has 9 heteroatoms. The maximum Gasteiger partial charge on any atom is 0.335 e. The molecule has 0 spiro atoms. The molecule has 0 saturated heterocycles. The Kier molecular flexibility index (Phi) is 4.76. The van der Waals surface area contributed by atoms with Crippen LogP contribution in [0.25, 0.3) is 10.2 Å². The van der Waals surface area contributed by atoms with E-state index in [1.807, 2.05) is 0 Å². The van der Waals surface area contributed by atoms with E-state index in [-0.39, 0.29) is 23.1 Å². The van der Waals surface area contributed by atoms with Crippen molar-refractivity contribution in [2.24, 2.45) is 0 Å². The molecule has 0 bridgehead atoms. The Hall–Kier alpha value is -1.71. The fourth-order valence-electron chi connectivity index (χ4n) is 1.60. The predicted molar refractivity (Wildman–Crippen MR) is 80.5 cm³/mol. The first-order valence-electron chi connectivity index (χ1n) is 6.13.